The molecule has 2 aromatic heterocycles. The third-order valence-electron chi connectivity index (χ3n) is 4.59. The lowest BCUT2D eigenvalue weighted by atomic mass is 10.3. The summed E-state index contributed by atoms with van der Waals surface area (Å²) in [5.41, 5.74) is 6.98. The second-order valence-electron chi connectivity index (χ2n) is 7.10. The first-order chi connectivity index (χ1) is 14.6. The number of nitrogens with zero attached hydrogens (tertiary/aromatic N) is 4. The molecule has 0 unspecified atom stereocenters. The zero-order valence-electron chi connectivity index (χ0n) is 16.3. The molecule has 0 aliphatic heterocycles. The van der Waals surface area contributed by atoms with Crippen molar-refractivity contribution >= 4 is 40.6 Å². The Labute approximate surface area is 182 Å². The van der Waals surface area contributed by atoms with E-state index in [2.05, 4.69) is 20.5 Å². The minimum Gasteiger partial charge on any atom is -0.370 e. The van der Waals surface area contributed by atoms with E-state index in [1.165, 1.54) is 23.1 Å². The number of amides is 2. The summed E-state index contributed by atoms with van der Waals surface area (Å²) < 4.78 is 2.01. The zero-order valence-corrected chi connectivity index (χ0v) is 17.9. The summed E-state index contributed by atoms with van der Waals surface area (Å²) in [6.07, 6.45) is 2.73. The number of nitrogens with one attached hydrogen (secondary N) is 1. The van der Waals surface area contributed by atoms with E-state index in [-0.39, 0.29) is 24.7 Å². The van der Waals surface area contributed by atoms with E-state index >= 15 is 0 Å². The molecule has 3 N–H and O–H groups in total. The van der Waals surface area contributed by atoms with Crippen LogP contribution in [0.15, 0.2) is 40.9 Å². The Balaban J connectivity index is 1.34. The molecular formula is C20H22N6O2S2. The smallest absolute Gasteiger partial charge is 0.231 e. The first kappa shape index (κ1) is 20.5. The minimum atomic E-state index is -0.334. The van der Waals surface area contributed by atoms with Gasteiger partial charge in [0, 0.05) is 35.7 Å². The molecule has 2 heterocycles. The number of hydrogen-bond donors (Lipinski definition) is 2. The van der Waals surface area contributed by atoms with Crippen LogP contribution >= 0.6 is 23.1 Å². The standard InChI is InChI=1S/C20H22N6O2S2/c21-16(27)8-9-26-19(13-6-7-13)24-25-20(26)30-12-15-11-29-18(23-15)10-17(28)22-14-4-2-1-3-5-14/h1-5,11,13H,6-10,12H2,(H2,21,27)(H,22,28). The maximum absolute atomic E-state index is 12.2. The van der Waals surface area contributed by atoms with Gasteiger partial charge >= 0.3 is 0 Å². The average molecular weight is 443 g/mol. The second-order valence-corrected chi connectivity index (χ2v) is 8.98. The largest absolute Gasteiger partial charge is 0.370 e. The highest BCUT2D eigenvalue weighted by atomic mass is 32.2. The Morgan fingerprint density at radius 2 is 2.03 bits per heavy atom. The van der Waals surface area contributed by atoms with Crippen molar-refractivity contribution in [3.8, 4) is 0 Å². The van der Waals surface area contributed by atoms with Crippen molar-refractivity contribution in [3.05, 3.63) is 52.2 Å². The first-order valence-electron chi connectivity index (χ1n) is 9.71. The van der Waals surface area contributed by atoms with Crippen molar-refractivity contribution in [2.75, 3.05) is 5.32 Å². The predicted molar refractivity (Wildman–Crippen MR) is 116 cm³/mol. The van der Waals surface area contributed by atoms with Crippen molar-refractivity contribution in [2.24, 2.45) is 5.73 Å². The molecule has 1 aliphatic rings. The van der Waals surface area contributed by atoms with Crippen molar-refractivity contribution < 1.29 is 9.59 Å². The number of rotatable bonds is 10. The zero-order chi connectivity index (χ0) is 20.9. The number of carbonyl (C=O) groups is 2. The lowest BCUT2D eigenvalue weighted by Gasteiger charge is -2.08. The van der Waals surface area contributed by atoms with Gasteiger partial charge in [-0.2, -0.15) is 0 Å². The van der Waals surface area contributed by atoms with E-state index in [0.717, 1.165) is 40.2 Å². The number of nitrogens with two attached hydrogens (primary N) is 1. The van der Waals surface area contributed by atoms with E-state index in [1.807, 2.05) is 40.3 Å². The van der Waals surface area contributed by atoms with E-state index in [0.29, 0.717) is 18.2 Å². The number of aromatic nitrogens is 4. The van der Waals surface area contributed by atoms with Gasteiger partial charge in [-0.1, -0.05) is 30.0 Å². The van der Waals surface area contributed by atoms with Gasteiger partial charge in [0.25, 0.3) is 0 Å². The molecule has 0 atom stereocenters. The molecule has 4 rings (SSSR count). The minimum absolute atomic E-state index is 0.0879. The Bertz CT molecular complexity index is 1030. The number of hydrogen-bond acceptors (Lipinski definition) is 7. The van der Waals surface area contributed by atoms with Crippen molar-refractivity contribution in [3.63, 3.8) is 0 Å². The van der Waals surface area contributed by atoms with Gasteiger partial charge in [0.15, 0.2) is 5.16 Å². The molecule has 8 nitrogen and oxygen atoms in total. The molecule has 0 spiro atoms. The molecule has 0 saturated heterocycles. The average Bonchev–Trinajstić information content (AvgIpc) is 3.34. The fourth-order valence-corrected chi connectivity index (χ4v) is 4.74. The topological polar surface area (TPSA) is 116 Å². The van der Waals surface area contributed by atoms with Gasteiger partial charge in [0.1, 0.15) is 10.8 Å². The fourth-order valence-electron chi connectivity index (χ4n) is 2.98. The monoisotopic (exact) mass is 442 g/mol. The van der Waals surface area contributed by atoms with Crippen LogP contribution in [0.3, 0.4) is 0 Å². The molecule has 30 heavy (non-hydrogen) atoms. The quantitative estimate of drug-likeness (QED) is 0.466. The highest BCUT2D eigenvalue weighted by Crippen LogP contribution is 2.40. The lowest BCUT2D eigenvalue weighted by molar-refractivity contribution is -0.118. The molecule has 3 aromatic rings. The Kier molecular flexibility index (Phi) is 6.44. The van der Waals surface area contributed by atoms with Crippen LogP contribution in [0, 0.1) is 0 Å². The third-order valence-corrected chi connectivity index (χ3v) is 6.49. The fraction of sp³-hybridized carbons (Fsp3) is 0.350. The van der Waals surface area contributed by atoms with Gasteiger partial charge < -0.3 is 15.6 Å². The normalized spacial score (nSPS) is 13.3. The summed E-state index contributed by atoms with van der Waals surface area (Å²) in [7, 11) is 0. The number of anilines is 1. The predicted octanol–water partition coefficient (Wildman–Crippen LogP) is 2.96. The van der Waals surface area contributed by atoms with Gasteiger partial charge in [-0.3, -0.25) is 9.59 Å². The summed E-state index contributed by atoms with van der Waals surface area (Å²) in [5.74, 6) is 1.58. The van der Waals surface area contributed by atoms with Gasteiger partial charge in [0.2, 0.25) is 11.8 Å². The number of benzene rings is 1. The highest BCUT2D eigenvalue weighted by molar-refractivity contribution is 7.98. The molecule has 10 heteroatoms. The molecule has 1 aliphatic carbocycles. The van der Waals surface area contributed by atoms with Crippen LogP contribution in [0.2, 0.25) is 0 Å². The molecule has 0 bridgehead atoms. The molecule has 2 amide bonds. The number of para-hydroxylation sites is 1. The van der Waals surface area contributed by atoms with Crippen molar-refractivity contribution in [1.82, 2.24) is 19.7 Å². The van der Waals surface area contributed by atoms with Crippen molar-refractivity contribution in [1.29, 1.82) is 0 Å². The van der Waals surface area contributed by atoms with E-state index < -0.39 is 0 Å². The van der Waals surface area contributed by atoms with E-state index in [4.69, 9.17) is 5.73 Å². The van der Waals surface area contributed by atoms with Crippen LogP contribution in [-0.4, -0.2) is 31.6 Å². The Morgan fingerprint density at radius 1 is 1.23 bits per heavy atom. The third kappa shape index (κ3) is 5.45. The maximum Gasteiger partial charge on any atom is 0.231 e. The Hall–Kier alpha value is -2.72. The van der Waals surface area contributed by atoms with E-state index in [9.17, 15) is 9.59 Å². The summed E-state index contributed by atoms with van der Waals surface area (Å²) in [5, 5.41) is 15.0. The number of thiazole rings is 1. The van der Waals surface area contributed by atoms with Gasteiger partial charge in [0.05, 0.1) is 12.1 Å². The molecule has 1 aromatic carbocycles. The Morgan fingerprint density at radius 3 is 2.77 bits per heavy atom. The van der Waals surface area contributed by atoms with Crippen LogP contribution in [0.25, 0.3) is 0 Å². The lowest BCUT2D eigenvalue weighted by Crippen LogP contribution is -2.15. The molecule has 1 fully saturated rings. The van der Waals surface area contributed by atoms with Gasteiger partial charge in [-0.25, -0.2) is 4.98 Å². The second kappa shape index (κ2) is 9.40. The molecular weight excluding hydrogens is 420 g/mol. The summed E-state index contributed by atoms with van der Waals surface area (Å²) in [4.78, 5) is 28.0. The van der Waals surface area contributed by atoms with Crippen LogP contribution in [0.1, 0.15) is 41.7 Å². The van der Waals surface area contributed by atoms with Crippen LogP contribution in [-0.2, 0) is 28.3 Å². The summed E-state index contributed by atoms with van der Waals surface area (Å²) in [6, 6.07) is 9.37. The van der Waals surface area contributed by atoms with Gasteiger partial charge in [-0.05, 0) is 25.0 Å². The molecule has 1 saturated carbocycles. The maximum atomic E-state index is 12.2. The van der Waals surface area contributed by atoms with Crippen LogP contribution in [0.4, 0.5) is 5.69 Å². The highest BCUT2D eigenvalue weighted by Gasteiger charge is 2.30. The SMILES string of the molecule is NC(=O)CCn1c(SCc2csc(CC(=O)Nc3ccccc3)n2)nnc1C1CC1. The molecule has 0 radical (unpaired) electrons. The summed E-state index contributed by atoms with van der Waals surface area (Å²) >= 11 is 3.01. The number of carbonyl (C=O) groups excluding carboxylic acids is 2. The number of thioether (sulfide) groups is 1. The van der Waals surface area contributed by atoms with Gasteiger partial charge in [-0.15, -0.1) is 21.5 Å². The van der Waals surface area contributed by atoms with Crippen LogP contribution in [0.5, 0.6) is 0 Å². The number of primary amides is 1. The first-order valence-corrected chi connectivity index (χ1v) is 11.6. The van der Waals surface area contributed by atoms with Crippen LogP contribution < -0.4 is 11.1 Å². The molecule has 156 valence electrons. The van der Waals surface area contributed by atoms with Crippen molar-refractivity contribution in [2.45, 2.75) is 49.1 Å². The van der Waals surface area contributed by atoms with E-state index in [1.54, 1.807) is 0 Å². The summed E-state index contributed by atoms with van der Waals surface area (Å²) in [6.45, 7) is 0.498.